The molecule has 2 atom stereocenters. The van der Waals surface area contributed by atoms with E-state index in [-0.39, 0.29) is 30.3 Å². The molecule has 1 aliphatic carbocycles. The normalized spacial score (nSPS) is 28.8. The fraction of sp³-hybridized carbons (Fsp3) is 0.875. The number of carbonyl (C=O) groups excluding carboxylic acids is 1. The summed E-state index contributed by atoms with van der Waals surface area (Å²) in [6.07, 6.45) is 3.85. The molecule has 0 aromatic heterocycles. The average Bonchev–Trinajstić information content (AvgIpc) is 2.03. The molecule has 4 heteroatoms. The Labute approximate surface area is 79.1 Å². The summed E-state index contributed by atoms with van der Waals surface area (Å²) in [4.78, 5) is 11.0. The van der Waals surface area contributed by atoms with Crippen LogP contribution in [-0.4, -0.2) is 19.1 Å². The zero-order valence-electron chi connectivity index (χ0n) is 7.29. The smallest absolute Gasteiger partial charge is 0.308 e. The van der Waals surface area contributed by atoms with Gasteiger partial charge in [0, 0.05) is 6.04 Å². The van der Waals surface area contributed by atoms with Crippen LogP contribution in [0, 0.1) is 5.92 Å². The van der Waals surface area contributed by atoms with Gasteiger partial charge < -0.3 is 10.5 Å². The minimum atomic E-state index is -0.0971. The quantitative estimate of drug-likeness (QED) is 0.635. The molecule has 3 nitrogen and oxygen atoms in total. The predicted molar refractivity (Wildman–Crippen MR) is 49.2 cm³/mol. The standard InChI is InChI=1S/C8H15NO2.ClH/c1-11-8(10)6-3-2-4-7(9)5-6;/h6-7H,2-5,9H2,1H3;1H. The van der Waals surface area contributed by atoms with E-state index >= 15 is 0 Å². The van der Waals surface area contributed by atoms with Crippen molar-refractivity contribution >= 4 is 18.4 Å². The first-order valence-electron chi connectivity index (χ1n) is 4.07. The summed E-state index contributed by atoms with van der Waals surface area (Å²) in [5.41, 5.74) is 5.71. The molecule has 0 radical (unpaired) electrons. The Hall–Kier alpha value is -0.280. The molecule has 0 bridgehead atoms. The van der Waals surface area contributed by atoms with E-state index in [4.69, 9.17) is 5.73 Å². The molecule has 0 heterocycles. The van der Waals surface area contributed by atoms with Crippen LogP contribution in [0.5, 0.6) is 0 Å². The number of halogens is 1. The zero-order valence-corrected chi connectivity index (χ0v) is 8.10. The third kappa shape index (κ3) is 2.99. The third-order valence-corrected chi connectivity index (χ3v) is 2.25. The zero-order chi connectivity index (χ0) is 8.27. The Morgan fingerprint density at radius 2 is 2.17 bits per heavy atom. The lowest BCUT2D eigenvalue weighted by molar-refractivity contribution is -0.146. The number of hydrogen-bond acceptors (Lipinski definition) is 3. The van der Waals surface area contributed by atoms with E-state index < -0.39 is 0 Å². The summed E-state index contributed by atoms with van der Waals surface area (Å²) in [5, 5.41) is 0. The molecule has 0 amide bonds. The Bertz CT molecular complexity index is 152. The Balaban J connectivity index is 0.00000121. The molecular weight excluding hydrogens is 178 g/mol. The monoisotopic (exact) mass is 193 g/mol. The summed E-state index contributed by atoms with van der Waals surface area (Å²) < 4.78 is 4.64. The van der Waals surface area contributed by atoms with Gasteiger partial charge in [0.25, 0.3) is 0 Å². The molecule has 0 spiro atoms. The molecule has 1 saturated carbocycles. The van der Waals surface area contributed by atoms with Gasteiger partial charge in [-0.25, -0.2) is 0 Å². The lowest BCUT2D eigenvalue weighted by Crippen LogP contribution is -2.32. The first-order valence-corrected chi connectivity index (χ1v) is 4.07. The minimum absolute atomic E-state index is 0. The van der Waals surface area contributed by atoms with Crippen molar-refractivity contribution in [3.8, 4) is 0 Å². The van der Waals surface area contributed by atoms with Crippen molar-refractivity contribution < 1.29 is 9.53 Å². The molecule has 0 aromatic rings. The molecule has 1 fully saturated rings. The SMILES string of the molecule is COC(=O)C1CCCC(N)C1.Cl. The maximum Gasteiger partial charge on any atom is 0.308 e. The van der Waals surface area contributed by atoms with Gasteiger partial charge in [-0.2, -0.15) is 0 Å². The van der Waals surface area contributed by atoms with Crippen molar-refractivity contribution in [2.24, 2.45) is 11.7 Å². The highest BCUT2D eigenvalue weighted by Gasteiger charge is 2.25. The molecule has 2 unspecified atom stereocenters. The summed E-state index contributed by atoms with van der Waals surface area (Å²) in [7, 11) is 1.43. The Kier molecular flexibility index (Phi) is 5.25. The second kappa shape index (κ2) is 5.38. The third-order valence-electron chi connectivity index (χ3n) is 2.25. The van der Waals surface area contributed by atoms with Crippen LogP contribution in [0.3, 0.4) is 0 Å². The summed E-state index contributed by atoms with van der Waals surface area (Å²) in [5.74, 6) is -0.0381. The fourth-order valence-corrected chi connectivity index (χ4v) is 1.61. The van der Waals surface area contributed by atoms with E-state index in [1.54, 1.807) is 0 Å². The highest BCUT2D eigenvalue weighted by atomic mass is 35.5. The van der Waals surface area contributed by atoms with Crippen LogP contribution >= 0.6 is 12.4 Å². The molecule has 1 aliphatic rings. The lowest BCUT2D eigenvalue weighted by atomic mass is 9.86. The van der Waals surface area contributed by atoms with Crippen molar-refractivity contribution in [1.82, 2.24) is 0 Å². The van der Waals surface area contributed by atoms with Crippen molar-refractivity contribution in [1.29, 1.82) is 0 Å². The number of rotatable bonds is 1. The van der Waals surface area contributed by atoms with Crippen LogP contribution in [0.2, 0.25) is 0 Å². The van der Waals surface area contributed by atoms with Crippen molar-refractivity contribution in [3.63, 3.8) is 0 Å². The summed E-state index contributed by atoms with van der Waals surface area (Å²) in [6, 6.07) is 0.202. The molecule has 72 valence electrons. The highest BCUT2D eigenvalue weighted by Crippen LogP contribution is 2.23. The molecule has 0 aromatic carbocycles. The second-order valence-corrected chi connectivity index (χ2v) is 3.15. The van der Waals surface area contributed by atoms with Crippen LogP contribution in [-0.2, 0) is 9.53 Å². The lowest BCUT2D eigenvalue weighted by Gasteiger charge is -2.24. The van der Waals surface area contributed by atoms with E-state index in [9.17, 15) is 4.79 Å². The van der Waals surface area contributed by atoms with Gasteiger partial charge in [-0.3, -0.25) is 4.79 Å². The summed E-state index contributed by atoms with van der Waals surface area (Å²) >= 11 is 0. The molecule has 0 saturated heterocycles. The summed E-state index contributed by atoms with van der Waals surface area (Å²) in [6.45, 7) is 0. The van der Waals surface area contributed by atoms with Gasteiger partial charge in [-0.05, 0) is 19.3 Å². The van der Waals surface area contributed by atoms with Crippen LogP contribution in [0.25, 0.3) is 0 Å². The maximum absolute atomic E-state index is 11.0. The van der Waals surface area contributed by atoms with E-state index in [2.05, 4.69) is 4.74 Å². The van der Waals surface area contributed by atoms with Gasteiger partial charge in [0.2, 0.25) is 0 Å². The van der Waals surface area contributed by atoms with Crippen molar-refractivity contribution in [2.75, 3.05) is 7.11 Å². The molecule has 12 heavy (non-hydrogen) atoms. The fourth-order valence-electron chi connectivity index (χ4n) is 1.61. The maximum atomic E-state index is 11.0. The first kappa shape index (κ1) is 11.7. The van der Waals surface area contributed by atoms with Crippen molar-refractivity contribution in [3.05, 3.63) is 0 Å². The van der Waals surface area contributed by atoms with Gasteiger partial charge in [0.05, 0.1) is 13.0 Å². The van der Waals surface area contributed by atoms with Crippen molar-refractivity contribution in [2.45, 2.75) is 31.7 Å². The molecule has 1 rings (SSSR count). The minimum Gasteiger partial charge on any atom is -0.469 e. The van der Waals surface area contributed by atoms with Crippen LogP contribution in [0.4, 0.5) is 0 Å². The average molecular weight is 194 g/mol. The van der Waals surface area contributed by atoms with E-state index in [1.165, 1.54) is 7.11 Å². The largest absolute Gasteiger partial charge is 0.469 e. The molecule has 2 N–H and O–H groups in total. The Morgan fingerprint density at radius 3 is 2.67 bits per heavy atom. The van der Waals surface area contributed by atoms with Gasteiger partial charge in [-0.1, -0.05) is 6.42 Å². The second-order valence-electron chi connectivity index (χ2n) is 3.15. The number of nitrogens with two attached hydrogens (primary N) is 1. The Morgan fingerprint density at radius 1 is 1.50 bits per heavy atom. The van der Waals surface area contributed by atoms with Crippen LogP contribution < -0.4 is 5.73 Å². The van der Waals surface area contributed by atoms with Gasteiger partial charge in [0.15, 0.2) is 0 Å². The van der Waals surface area contributed by atoms with Gasteiger partial charge in [-0.15, -0.1) is 12.4 Å². The number of methoxy groups -OCH3 is 1. The van der Waals surface area contributed by atoms with Crippen LogP contribution in [0.1, 0.15) is 25.7 Å². The van der Waals surface area contributed by atoms with E-state index in [0.29, 0.717) is 0 Å². The van der Waals surface area contributed by atoms with E-state index in [0.717, 1.165) is 25.7 Å². The van der Waals surface area contributed by atoms with Crippen LogP contribution in [0.15, 0.2) is 0 Å². The predicted octanol–water partition coefficient (Wildman–Crippen LogP) is 1.10. The first-order chi connectivity index (χ1) is 5.24. The van der Waals surface area contributed by atoms with Gasteiger partial charge in [0.1, 0.15) is 0 Å². The van der Waals surface area contributed by atoms with E-state index in [1.807, 2.05) is 0 Å². The molecular formula is C8H16ClNO2. The number of ether oxygens (including phenoxy) is 1. The van der Waals surface area contributed by atoms with Gasteiger partial charge >= 0.3 is 5.97 Å². The highest BCUT2D eigenvalue weighted by molar-refractivity contribution is 5.85. The number of carbonyl (C=O) groups is 1. The number of hydrogen-bond donors (Lipinski definition) is 1. The number of esters is 1. The topological polar surface area (TPSA) is 52.3 Å². The molecule has 0 aliphatic heterocycles.